The molecule has 84 valence electrons. The molecule has 1 aliphatic rings. The average Bonchev–Trinajstić information content (AvgIpc) is 2.28. The molecule has 1 fully saturated rings. The van der Waals surface area contributed by atoms with Crippen LogP contribution < -0.4 is 5.32 Å². The van der Waals surface area contributed by atoms with Crippen molar-refractivity contribution in [3.8, 4) is 0 Å². The van der Waals surface area contributed by atoms with Crippen molar-refractivity contribution in [2.75, 3.05) is 6.54 Å². The fraction of sp³-hybridized carbons (Fsp3) is 0.875. The third-order valence-electron chi connectivity index (χ3n) is 2.32. The molecule has 2 atom stereocenters. The smallest absolute Gasteiger partial charge is 0.303 e. The second-order valence-corrected chi connectivity index (χ2v) is 3.62. The molecular formula is C8H14ClF2NO2. The van der Waals surface area contributed by atoms with Gasteiger partial charge in [-0.1, -0.05) is 6.92 Å². The van der Waals surface area contributed by atoms with Crippen molar-refractivity contribution in [3.05, 3.63) is 0 Å². The normalized spacial score (nSPS) is 26.6. The minimum Gasteiger partial charge on any atom is -0.481 e. The van der Waals surface area contributed by atoms with Crippen LogP contribution in [0, 0.1) is 5.92 Å². The van der Waals surface area contributed by atoms with Gasteiger partial charge in [-0.3, -0.25) is 4.79 Å². The lowest BCUT2D eigenvalue weighted by molar-refractivity contribution is -0.138. The molecule has 14 heavy (non-hydrogen) atoms. The first-order valence-corrected chi connectivity index (χ1v) is 4.24. The zero-order valence-electron chi connectivity index (χ0n) is 7.80. The van der Waals surface area contributed by atoms with E-state index in [1.54, 1.807) is 6.92 Å². The lowest BCUT2D eigenvalue weighted by Gasteiger charge is -2.16. The van der Waals surface area contributed by atoms with E-state index in [1.165, 1.54) is 0 Å². The summed E-state index contributed by atoms with van der Waals surface area (Å²) in [6.45, 7) is 1.34. The largest absolute Gasteiger partial charge is 0.481 e. The highest BCUT2D eigenvalue weighted by molar-refractivity contribution is 5.85. The van der Waals surface area contributed by atoms with Crippen molar-refractivity contribution in [1.29, 1.82) is 0 Å². The molecule has 0 aromatic carbocycles. The maximum atomic E-state index is 12.7. The topological polar surface area (TPSA) is 49.3 Å². The van der Waals surface area contributed by atoms with Crippen LogP contribution in [-0.4, -0.2) is 29.6 Å². The molecule has 0 aliphatic carbocycles. The summed E-state index contributed by atoms with van der Waals surface area (Å²) in [5.74, 6) is -3.85. The van der Waals surface area contributed by atoms with Crippen LogP contribution >= 0.6 is 12.4 Å². The molecule has 1 saturated heterocycles. The number of nitrogens with one attached hydrogen (secondary N) is 1. The Hall–Kier alpha value is -0.420. The summed E-state index contributed by atoms with van der Waals surface area (Å²) in [6.07, 6.45) is -0.310. The van der Waals surface area contributed by atoms with Crippen molar-refractivity contribution in [2.24, 2.45) is 5.92 Å². The standard InChI is InChI=1S/C8H13F2NO2.ClH/c1-5(2-7(12)13)6-3-8(9,10)4-11-6;/h5-6,11H,2-4H2,1H3,(H,12,13);1H. The van der Waals surface area contributed by atoms with Gasteiger partial charge in [0.25, 0.3) is 5.92 Å². The van der Waals surface area contributed by atoms with E-state index in [0.29, 0.717) is 0 Å². The van der Waals surface area contributed by atoms with Crippen LogP contribution in [-0.2, 0) is 4.79 Å². The van der Waals surface area contributed by atoms with Gasteiger partial charge in [-0.2, -0.15) is 0 Å². The molecule has 0 amide bonds. The molecule has 3 nitrogen and oxygen atoms in total. The van der Waals surface area contributed by atoms with Gasteiger partial charge in [-0.25, -0.2) is 8.78 Å². The molecule has 1 aliphatic heterocycles. The minimum absolute atomic E-state index is 0. The zero-order chi connectivity index (χ0) is 10.1. The van der Waals surface area contributed by atoms with E-state index in [0.717, 1.165) is 0 Å². The summed E-state index contributed by atoms with van der Waals surface area (Å²) < 4.78 is 25.4. The number of carboxylic acid groups (broad SMARTS) is 1. The Morgan fingerprint density at radius 1 is 1.71 bits per heavy atom. The number of alkyl halides is 2. The van der Waals surface area contributed by atoms with Crippen molar-refractivity contribution < 1.29 is 18.7 Å². The van der Waals surface area contributed by atoms with Gasteiger partial charge in [0.15, 0.2) is 0 Å². The molecule has 0 spiro atoms. The summed E-state index contributed by atoms with van der Waals surface area (Å²) in [6, 6.07) is -0.369. The summed E-state index contributed by atoms with van der Waals surface area (Å²) >= 11 is 0. The molecule has 0 aromatic rings. The van der Waals surface area contributed by atoms with E-state index < -0.39 is 11.9 Å². The Bertz CT molecular complexity index is 214. The number of aliphatic carboxylic acids is 1. The monoisotopic (exact) mass is 229 g/mol. The molecule has 0 radical (unpaired) electrons. The van der Waals surface area contributed by atoms with E-state index in [9.17, 15) is 13.6 Å². The predicted molar refractivity (Wildman–Crippen MR) is 50.0 cm³/mol. The van der Waals surface area contributed by atoms with Crippen LogP contribution in [0.25, 0.3) is 0 Å². The molecule has 1 rings (SSSR count). The maximum Gasteiger partial charge on any atom is 0.303 e. The van der Waals surface area contributed by atoms with Gasteiger partial charge >= 0.3 is 5.97 Å². The fourth-order valence-corrected chi connectivity index (χ4v) is 1.57. The Morgan fingerprint density at radius 2 is 2.29 bits per heavy atom. The van der Waals surface area contributed by atoms with Gasteiger partial charge < -0.3 is 10.4 Å². The Morgan fingerprint density at radius 3 is 2.64 bits per heavy atom. The summed E-state index contributed by atoms with van der Waals surface area (Å²) in [5, 5.41) is 11.1. The molecule has 2 unspecified atom stereocenters. The van der Waals surface area contributed by atoms with Gasteiger partial charge in [0.05, 0.1) is 6.54 Å². The highest BCUT2D eigenvalue weighted by Gasteiger charge is 2.41. The van der Waals surface area contributed by atoms with E-state index in [-0.39, 0.29) is 43.8 Å². The molecule has 0 saturated carbocycles. The van der Waals surface area contributed by atoms with Gasteiger partial charge in [0.1, 0.15) is 0 Å². The predicted octanol–water partition coefficient (Wildman–Crippen LogP) is 1.52. The minimum atomic E-state index is -2.67. The maximum absolute atomic E-state index is 12.7. The van der Waals surface area contributed by atoms with E-state index >= 15 is 0 Å². The zero-order valence-corrected chi connectivity index (χ0v) is 8.61. The first-order valence-electron chi connectivity index (χ1n) is 4.24. The van der Waals surface area contributed by atoms with Gasteiger partial charge in [0, 0.05) is 18.9 Å². The lowest BCUT2D eigenvalue weighted by Crippen LogP contribution is -2.30. The second kappa shape index (κ2) is 4.89. The van der Waals surface area contributed by atoms with Crippen LogP contribution in [0.1, 0.15) is 19.8 Å². The number of hydrogen-bond donors (Lipinski definition) is 2. The molecule has 0 aromatic heterocycles. The van der Waals surface area contributed by atoms with Crippen LogP contribution in [0.15, 0.2) is 0 Å². The first-order chi connectivity index (χ1) is 5.91. The van der Waals surface area contributed by atoms with Crippen LogP contribution in [0.5, 0.6) is 0 Å². The summed E-state index contributed by atoms with van der Waals surface area (Å²) in [7, 11) is 0. The first kappa shape index (κ1) is 13.6. The quantitative estimate of drug-likeness (QED) is 0.772. The third kappa shape index (κ3) is 3.75. The van der Waals surface area contributed by atoms with E-state index in [2.05, 4.69) is 5.32 Å². The molecular weight excluding hydrogens is 216 g/mol. The van der Waals surface area contributed by atoms with Crippen LogP contribution in [0.3, 0.4) is 0 Å². The molecule has 2 N–H and O–H groups in total. The SMILES string of the molecule is CC(CC(=O)O)C1CC(F)(F)CN1.Cl. The van der Waals surface area contributed by atoms with Crippen LogP contribution in [0.2, 0.25) is 0 Å². The van der Waals surface area contributed by atoms with Crippen molar-refractivity contribution in [1.82, 2.24) is 5.32 Å². The summed E-state index contributed by atoms with van der Waals surface area (Å²) in [4.78, 5) is 10.3. The number of carbonyl (C=O) groups is 1. The van der Waals surface area contributed by atoms with E-state index in [4.69, 9.17) is 5.11 Å². The lowest BCUT2D eigenvalue weighted by atomic mass is 9.96. The molecule has 6 heteroatoms. The van der Waals surface area contributed by atoms with Crippen molar-refractivity contribution >= 4 is 18.4 Å². The number of rotatable bonds is 3. The van der Waals surface area contributed by atoms with Gasteiger partial charge in [-0.15, -0.1) is 12.4 Å². The number of hydrogen-bond acceptors (Lipinski definition) is 2. The number of halogens is 3. The Kier molecular flexibility index (Phi) is 4.74. The fourth-order valence-electron chi connectivity index (χ4n) is 1.57. The Balaban J connectivity index is 0.00000169. The van der Waals surface area contributed by atoms with Crippen LogP contribution in [0.4, 0.5) is 8.78 Å². The Labute approximate surface area is 87.3 Å². The third-order valence-corrected chi connectivity index (χ3v) is 2.32. The van der Waals surface area contributed by atoms with Gasteiger partial charge in [-0.05, 0) is 5.92 Å². The van der Waals surface area contributed by atoms with Crippen molar-refractivity contribution in [3.63, 3.8) is 0 Å². The average molecular weight is 230 g/mol. The van der Waals surface area contributed by atoms with Crippen molar-refractivity contribution in [2.45, 2.75) is 31.7 Å². The van der Waals surface area contributed by atoms with Gasteiger partial charge in [0.2, 0.25) is 0 Å². The summed E-state index contributed by atoms with van der Waals surface area (Å²) in [5.41, 5.74) is 0. The second-order valence-electron chi connectivity index (χ2n) is 3.62. The molecule has 1 heterocycles. The molecule has 0 bridgehead atoms. The highest BCUT2D eigenvalue weighted by atomic mass is 35.5. The number of carboxylic acids is 1. The highest BCUT2D eigenvalue weighted by Crippen LogP contribution is 2.29. The van der Waals surface area contributed by atoms with E-state index in [1.807, 2.05) is 0 Å².